The summed E-state index contributed by atoms with van der Waals surface area (Å²) in [6, 6.07) is 9.56. The van der Waals surface area contributed by atoms with Crippen molar-refractivity contribution < 1.29 is 43.1 Å². The van der Waals surface area contributed by atoms with Gasteiger partial charge in [-0.15, -0.1) is 0 Å². The van der Waals surface area contributed by atoms with Gasteiger partial charge in [0.25, 0.3) is 0 Å². The fourth-order valence-corrected chi connectivity index (χ4v) is 7.79. The number of amides is 7. The summed E-state index contributed by atoms with van der Waals surface area (Å²) in [6.07, 6.45) is -0.133. The van der Waals surface area contributed by atoms with Crippen LogP contribution >= 0.6 is 0 Å². The van der Waals surface area contributed by atoms with E-state index in [1.807, 2.05) is 19.1 Å². The first-order chi connectivity index (χ1) is 29.8. The molecule has 0 saturated carbocycles. The van der Waals surface area contributed by atoms with Crippen molar-refractivity contribution in [2.45, 2.75) is 143 Å². The van der Waals surface area contributed by atoms with E-state index in [4.69, 9.17) is 4.74 Å². The monoisotopic (exact) mass is 874 g/mol. The molecule has 2 aromatic rings. The van der Waals surface area contributed by atoms with Gasteiger partial charge in [-0.3, -0.25) is 33.6 Å². The Bertz CT molecular complexity index is 1930. The minimum absolute atomic E-state index is 0.000433. The summed E-state index contributed by atoms with van der Waals surface area (Å²) in [7, 11) is 0. The van der Waals surface area contributed by atoms with Gasteiger partial charge in [0.15, 0.2) is 0 Å². The molecule has 4 rings (SSSR count). The van der Waals surface area contributed by atoms with E-state index in [2.05, 4.69) is 31.9 Å². The molecule has 0 aliphatic carbocycles. The van der Waals surface area contributed by atoms with Gasteiger partial charge in [0, 0.05) is 13.0 Å². The van der Waals surface area contributed by atoms with Crippen LogP contribution in [0.5, 0.6) is 0 Å². The van der Waals surface area contributed by atoms with Crippen LogP contribution in [-0.4, -0.2) is 107 Å². The minimum atomic E-state index is -1.61. The number of cyclic esters (lactones) is 1. The highest BCUT2D eigenvalue weighted by Crippen LogP contribution is 2.22. The van der Waals surface area contributed by atoms with Crippen LogP contribution in [0.15, 0.2) is 60.7 Å². The third-order valence-electron chi connectivity index (χ3n) is 11.8. The summed E-state index contributed by atoms with van der Waals surface area (Å²) in [5.74, 6) is -7.14. The highest BCUT2D eigenvalue weighted by Gasteiger charge is 2.43. The number of benzene rings is 2. The fraction of sp³-hybridized carbons (Fsp3) is 0.574. The van der Waals surface area contributed by atoms with Crippen LogP contribution in [0.2, 0.25) is 0 Å². The SMILES string of the molecule is CCC(C)[C@H](NC(=O)Cc1ccccc1)C(=O)N[C@@H]1C(=O)N[C@H](Cc2ccccc2)C(=O)N2CCC[C@H]2C(=O)N[C@@H](C(C)C)C(=O)N[C@@H](C(C)C)C(=O)N[C@@H](C(C)C)C(=O)O[C@@H]1C. The Morgan fingerprint density at radius 2 is 1.24 bits per heavy atom. The number of nitrogens with one attached hydrogen (secondary N) is 6. The Labute approximate surface area is 371 Å². The van der Waals surface area contributed by atoms with Gasteiger partial charge in [0.2, 0.25) is 41.4 Å². The number of hydrogen-bond acceptors (Lipinski definition) is 9. The average Bonchev–Trinajstić information content (AvgIpc) is 3.74. The third kappa shape index (κ3) is 13.6. The topological polar surface area (TPSA) is 221 Å². The molecule has 2 aromatic carbocycles. The second-order valence-corrected chi connectivity index (χ2v) is 17.9. The molecule has 344 valence electrons. The van der Waals surface area contributed by atoms with Crippen molar-refractivity contribution in [2.24, 2.45) is 23.7 Å². The van der Waals surface area contributed by atoms with Crippen molar-refractivity contribution >= 4 is 47.3 Å². The second-order valence-electron chi connectivity index (χ2n) is 17.9. The molecule has 6 N–H and O–H groups in total. The number of carbonyl (C=O) groups excluding carboxylic acids is 8. The van der Waals surface area contributed by atoms with E-state index in [9.17, 15) is 38.4 Å². The van der Waals surface area contributed by atoms with Crippen LogP contribution in [0.3, 0.4) is 0 Å². The molecule has 2 fully saturated rings. The highest BCUT2D eigenvalue weighted by molar-refractivity contribution is 5.98. The maximum Gasteiger partial charge on any atom is 0.329 e. The molecule has 0 radical (unpaired) electrons. The molecule has 2 saturated heterocycles. The lowest BCUT2D eigenvalue weighted by Crippen LogP contribution is -2.62. The molecule has 0 bridgehead atoms. The number of rotatable bonds is 12. The summed E-state index contributed by atoms with van der Waals surface area (Å²) < 4.78 is 5.92. The van der Waals surface area contributed by atoms with Crippen molar-refractivity contribution in [3.63, 3.8) is 0 Å². The van der Waals surface area contributed by atoms with Crippen molar-refractivity contribution in [1.82, 2.24) is 36.8 Å². The molecular formula is C47H67N7O9. The number of ether oxygens (including phenoxy) is 1. The first kappa shape index (κ1) is 49.9. The number of hydrogen-bond donors (Lipinski definition) is 6. The lowest BCUT2D eigenvalue weighted by molar-refractivity contribution is -0.157. The van der Waals surface area contributed by atoms with E-state index in [-0.39, 0.29) is 19.4 Å². The van der Waals surface area contributed by atoms with E-state index >= 15 is 0 Å². The summed E-state index contributed by atoms with van der Waals surface area (Å²) in [4.78, 5) is 114. The largest absolute Gasteiger partial charge is 0.458 e. The third-order valence-corrected chi connectivity index (χ3v) is 11.8. The number of esters is 1. The Morgan fingerprint density at radius 1 is 0.714 bits per heavy atom. The Kier molecular flexibility index (Phi) is 18.2. The smallest absolute Gasteiger partial charge is 0.329 e. The van der Waals surface area contributed by atoms with E-state index in [0.29, 0.717) is 24.8 Å². The van der Waals surface area contributed by atoms with Gasteiger partial charge in [-0.2, -0.15) is 0 Å². The van der Waals surface area contributed by atoms with Crippen molar-refractivity contribution in [2.75, 3.05) is 6.54 Å². The summed E-state index contributed by atoms with van der Waals surface area (Å²) in [5, 5.41) is 16.7. The molecule has 2 aliphatic heterocycles. The molecule has 2 heterocycles. The zero-order valence-corrected chi connectivity index (χ0v) is 38.1. The van der Waals surface area contributed by atoms with Gasteiger partial charge in [0.05, 0.1) is 6.42 Å². The molecule has 16 heteroatoms. The summed E-state index contributed by atoms with van der Waals surface area (Å²) in [6.45, 7) is 15.6. The Balaban J connectivity index is 1.79. The van der Waals surface area contributed by atoms with E-state index < -0.39 is 119 Å². The normalized spacial score (nSPS) is 25.3. The zero-order chi connectivity index (χ0) is 46.5. The molecule has 16 nitrogen and oxygen atoms in total. The molecule has 9 atom stereocenters. The molecule has 7 amide bonds. The van der Waals surface area contributed by atoms with Gasteiger partial charge >= 0.3 is 5.97 Å². The predicted octanol–water partition coefficient (Wildman–Crippen LogP) is 2.33. The van der Waals surface area contributed by atoms with Crippen LogP contribution in [-0.2, 0) is 55.9 Å². The minimum Gasteiger partial charge on any atom is -0.458 e. The lowest BCUT2D eigenvalue weighted by atomic mass is 9.97. The first-order valence-electron chi connectivity index (χ1n) is 22.2. The van der Waals surface area contributed by atoms with Gasteiger partial charge in [0.1, 0.15) is 48.4 Å². The maximum atomic E-state index is 14.7. The number of nitrogens with zero attached hydrogens (tertiary/aromatic N) is 1. The zero-order valence-electron chi connectivity index (χ0n) is 38.1. The van der Waals surface area contributed by atoms with Gasteiger partial charge < -0.3 is 41.5 Å². The maximum absolute atomic E-state index is 14.7. The first-order valence-corrected chi connectivity index (χ1v) is 22.2. The van der Waals surface area contributed by atoms with Gasteiger partial charge in [-0.05, 0) is 54.6 Å². The molecule has 1 unspecified atom stereocenters. The molecule has 2 aliphatic rings. The van der Waals surface area contributed by atoms with Crippen LogP contribution in [0.4, 0.5) is 0 Å². The quantitative estimate of drug-likeness (QED) is 0.172. The van der Waals surface area contributed by atoms with Gasteiger partial charge in [-0.25, -0.2) is 4.79 Å². The molecule has 63 heavy (non-hydrogen) atoms. The average molecular weight is 874 g/mol. The molecule has 0 aromatic heterocycles. The van der Waals surface area contributed by atoms with Crippen LogP contribution in [0, 0.1) is 23.7 Å². The molecular weight excluding hydrogens is 807 g/mol. The summed E-state index contributed by atoms with van der Waals surface area (Å²) >= 11 is 0. The highest BCUT2D eigenvalue weighted by atomic mass is 16.5. The summed E-state index contributed by atoms with van der Waals surface area (Å²) in [5.41, 5.74) is 1.43. The predicted molar refractivity (Wildman–Crippen MR) is 236 cm³/mol. The van der Waals surface area contributed by atoms with Crippen LogP contribution < -0.4 is 31.9 Å². The number of carbonyl (C=O) groups is 8. The standard InChI is InChI=1S/C47H67N7O9/c1-10-29(8)39(49-35(55)25-32-20-15-12-16-21-32)44(59)53-40-30(9)63-47(62)38(28(6)7)52-43(58)37(27(4)5)51-42(57)36(26(2)3)50-41(56)34-22-17-23-54(34)46(61)33(48-45(40)60)24-31-18-13-11-14-19-31/h11-16,18-21,26-30,33-34,36-40H,10,17,22-25H2,1-9H3,(H,48,60)(H,49,55)(H,50,56)(H,51,57)(H,52,58)(H,53,59)/t29?,30-,33-,34+,36+,37+,38+,39+,40+/m1/s1. The van der Waals surface area contributed by atoms with Crippen molar-refractivity contribution in [3.05, 3.63) is 71.8 Å². The van der Waals surface area contributed by atoms with Crippen LogP contribution in [0.25, 0.3) is 0 Å². The Morgan fingerprint density at radius 3 is 1.78 bits per heavy atom. The fourth-order valence-electron chi connectivity index (χ4n) is 7.79. The van der Waals surface area contributed by atoms with E-state index in [1.165, 1.54) is 11.8 Å². The second kappa shape index (κ2) is 23.0. The van der Waals surface area contributed by atoms with Crippen LogP contribution in [0.1, 0.15) is 92.7 Å². The van der Waals surface area contributed by atoms with Crippen molar-refractivity contribution in [3.8, 4) is 0 Å². The van der Waals surface area contributed by atoms with Gasteiger partial charge in [-0.1, -0.05) is 122 Å². The molecule has 0 spiro atoms. The number of fused-ring (bicyclic) bond motifs is 1. The van der Waals surface area contributed by atoms with E-state index in [1.54, 1.807) is 97.0 Å². The lowest BCUT2D eigenvalue weighted by Gasteiger charge is -2.33. The van der Waals surface area contributed by atoms with Crippen molar-refractivity contribution in [1.29, 1.82) is 0 Å². The van der Waals surface area contributed by atoms with E-state index in [0.717, 1.165) is 5.56 Å². The Hall–Kier alpha value is -5.80.